The van der Waals surface area contributed by atoms with E-state index in [2.05, 4.69) is 20.6 Å². The van der Waals surface area contributed by atoms with E-state index < -0.39 is 11.7 Å². The van der Waals surface area contributed by atoms with E-state index in [1.807, 2.05) is 0 Å². The first-order chi connectivity index (χ1) is 14.8. The van der Waals surface area contributed by atoms with Crippen LogP contribution in [0.2, 0.25) is 0 Å². The first-order valence-electron chi connectivity index (χ1n) is 9.28. The lowest BCUT2D eigenvalue weighted by atomic mass is 10.1. The van der Waals surface area contributed by atoms with E-state index >= 15 is 0 Å². The molecular weight excluding hydrogens is 415 g/mol. The second-order valence-corrected chi connectivity index (χ2v) is 6.48. The minimum atomic E-state index is -4.36. The first kappa shape index (κ1) is 22.2. The summed E-state index contributed by atoms with van der Waals surface area (Å²) >= 11 is 0. The Morgan fingerprint density at radius 2 is 1.77 bits per heavy atom. The quantitative estimate of drug-likeness (QED) is 0.410. The SMILES string of the molecule is CC(=NOCc1ccc(C(F)(F)F)cc1)c1ccc(OCc2nnn(CCO)n2)cc1. The summed E-state index contributed by atoms with van der Waals surface area (Å²) in [7, 11) is 0. The topological polar surface area (TPSA) is 94.7 Å². The molecule has 0 radical (unpaired) electrons. The summed E-state index contributed by atoms with van der Waals surface area (Å²) in [6.45, 7) is 2.13. The van der Waals surface area contributed by atoms with Crippen molar-refractivity contribution >= 4 is 5.71 Å². The molecule has 1 heterocycles. The molecule has 2 aromatic carbocycles. The van der Waals surface area contributed by atoms with E-state index in [1.165, 1.54) is 16.9 Å². The summed E-state index contributed by atoms with van der Waals surface area (Å²) in [4.78, 5) is 6.54. The molecule has 8 nitrogen and oxygen atoms in total. The van der Waals surface area contributed by atoms with E-state index in [0.717, 1.165) is 17.7 Å². The van der Waals surface area contributed by atoms with Crippen LogP contribution in [0.5, 0.6) is 5.75 Å². The Balaban J connectivity index is 1.49. The van der Waals surface area contributed by atoms with Crippen molar-refractivity contribution in [2.24, 2.45) is 5.16 Å². The fourth-order valence-corrected chi connectivity index (χ4v) is 2.50. The Morgan fingerprint density at radius 3 is 2.42 bits per heavy atom. The third-order valence-corrected chi connectivity index (χ3v) is 4.15. The number of alkyl halides is 3. The Bertz CT molecular complexity index is 1000. The van der Waals surface area contributed by atoms with E-state index in [-0.39, 0.29) is 26.4 Å². The number of ether oxygens (including phenoxy) is 1. The minimum Gasteiger partial charge on any atom is -0.485 e. The van der Waals surface area contributed by atoms with Gasteiger partial charge in [-0.15, -0.1) is 10.2 Å². The van der Waals surface area contributed by atoms with Crippen LogP contribution in [0.1, 0.15) is 29.4 Å². The van der Waals surface area contributed by atoms with Gasteiger partial charge in [0.2, 0.25) is 5.82 Å². The van der Waals surface area contributed by atoms with E-state index in [0.29, 0.717) is 22.8 Å². The van der Waals surface area contributed by atoms with Crippen LogP contribution < -0.4 is 4.74 Å². The second kappa shape index (κ2) is 10.0. The van der Waals surface area contributed by atoms with Crippen LogP contribution in [-0.2, 0) is 30.8 Å². The number of aliphatic hydroxyl groups excluding tert-OH is 1. The molecule has 0 atom stereocenters. The molecule has 0 aliphatic heterocycles. The van der Waals surface area contributed by atoms with Gasteiger partial charge in [0.15, 0.2) is 6.61 Å². The Labute approximate surface area is 175 Å². The second-order valence-electron chi connectivity index (χ2n) is 6.48. The van der Waals surface area contributed by atoms with Crippen molar-refractivity contribution in [2.75, 3.05) is 6.61 Å². The summed E-state index contributed by atoms with van der Waals surface area (Å²) in [5.41, 5.74) is 1.28. The molecule has 0 unspecified atom stereocenters. The van der Waals surface area contributed by atoms with Crippen LogP contribution in [0.3, 0.4) is 0 Å². The third kappa shape index (κ3) is 6.51. The van der Waals surface area contributed by atoms with Gasteiger partial charge >= 0.3 is 6.18 Å². The number of halogens is 3. The highest BCUT2D eigenvalue weighted by molar-refractivity contribution is 5.98. The summed E-state index contributed by atoms with van der Waals surface area (Å²) in [6, 6.07) is 11.8. The zero-order valence-electron chi connectivity index (χ0n) is 16.6. The molecule has 0 fully saturated rings. The zero-order chi connectivity index (χ0) is 22.3. The molecule has 31 heavy (non-hydrogen) atoms. The predicted octanol–water partition coefficient (Wildman–Crippen LogP) is 3.20. The number of aliphatic hydroxyl groups is 1. The lowest BCUT2D eigenvalue weighted by Gasteiger charge is -2.08. The molecular formula is C20H20F3N5O3. The van der Waals surface area contributed by atoms with Gasteiger partial charge in [0.1, 0.15) is 12.4 Å². The number of hydrogen-bond acceptors (Lipinski definition) is 7. The van der Waals surface area contributed by atoms with E-state index in [4.69, 9.17) is 14.7 Å². The number of nitrogens with zero attached hydrogens (tertiary/aromatic N) is 5. The Hall–Kier alpha value is -3.47. The number of rotatable bonds is 9. The molecule has 11 heteroatoms. The summed E-state index contributed by atoms with van der Waals surface area (Å²) in [6.07, 6.45) is -4.36. The van der Waals surface area contributed by atoms with Crippen LogP contribution in [0.25, 0.3) is 0 Å². The van der Waals surface area contributed by atoms with Crippen molar-refractivity contribution in [1.82, 2.24) is 20.2 Å². The molecule has 0 amide bonds. The summed E-state index contributed by atoms with van der Waals surface area (Å²) in [5.74, 6) is 0.993. The van der Waals surface area contributed by atoms with Crippen LogP contribution in [-0.4, -0.2) is 37.6 Å². The highest BCUT2D eigenvalue weighted by atomic mass is 19.4. The smallest absolute Gasteiger partial charge is 0.416 e. The number of tetrazole rings is 1. The molecule has 3 aromatic rings. The minimum absolute atomic E-state index is 0.0562. The standard InChI is InChI=1S/C20H20F3N5O3/c1-14(26-31-12-15-2-6-17(7-3-15)20(21,22)23)16-4-8-18(9-5-16)30-13-19-24-27-28(25-19)10-11-29/h2-9,29H,10-13H2,1H3. The van der Waals surface area contributed by atoms with Crippen molar-refractivity contribution in [1.29, 1.82) is 0 Å². The maximum Gasteiger partial charge on any atom is 0.416 e. The maximum absolute atomic E-state index is 12.6. The van der Waals surface area contributed by atoms with Gasteiger partial charge in [0, 0.05) is 0 Å². The molecule has 0 aliphatic rings. The Kier molecular flexibility index (Phi) is 7.19. The van der Waals surface area contributed by atoms with E-state index in [1.54, 1.807) is 31.2 Å². The highest BCUT2D eigenvalue weighted by Crippen LogP contribution is 2.29. The fraction of sp³-hybridized carbons (Fsp3) is 0.300. The lowest BCUT2D eigenvalue weighted by molar-refractivity contribution is -0.137. The maximum atomic E-state index is 12.6. The molecule has 0 bridgehead atoms. The van der Waals surface area contributed by atoms with Gasteiger partial charge < -0.3 is 14.7 Å². The predicted molar refractivity (Wildman–Crippen MR) is 104 cm³/mol. The third-order valence-electron chi connectivity index (χ3n) is 4.15. The largest absolute Gasteiger partial charge is 0.485 e. The van der Waals surface area contributed by atoms with Crippen LogP contribution in [0, 0.1) is 0 Å². The zero-order valence-corrected chi connectivity index (χ0v) is 16.6. The fourth-order valence-electron chi connectivity index (χ4n) is 2.50. The first-order valence-corrected chi connectivity index (χ1v) is 9.28. The van der Waals surface area contributed by atoms with Gasteiger partial charge in [0.05, 0.1) is 24.4 Å². The average molecular weight is 435 g/mol. The Morgan fingerprint density at radius 1 is 1.06 bits per heavy atom. The van der Waals surface area contributed by atoms with Crippen molar-refractivity contribution in [3.63, 3.8) is 0 Å². The molecule has 0 saturated heterocycles. The summed E-state index contributed by atoms with van der Waals surface area (Å²) < 4.78 is 43.3. The molecule has 3 rings (SSSR count). The molecule has 164 valence electrons. The summed E-state index contributed by atoms with van der Waals surface area (Å²) in [5, 5.41) is 24.5. The number of benzene rings is 2. The molecule has 0 spiro atoms. The van der Waals surface area contributed by atoms with Crippen LogP contribution >= 0.6 is 0 Å². The molecule has 1 aromatic heterocycles. The number of hydrogen-bond donors (Lipinski definition) is 1. The molecule has 0 aliphatic carbocycles. The van der Waals surface area contributed by atoms with Gasteiger partial charge in [0.25, 0.3) is 0 Å². The van der Waals surface area contributed by atoms with Gasteiger partial charge in [-0.2, -0.15) is 18.0 Å². The van der Waals surface area contributed by atoms with Gasteiger partial charge in [-0.3, -0.25) is 0 Å². The van der Waals surface area contributed by atoms with Gasteiger partial charge in [-0.1, -0.05) is 17.3 Å². The molecule has 1 N–H and O–H groups in total. The van der Waals surface area contributed by atoms with Crippen molar-refractivity contribution in [3.8, 4) is 5.75 Å². The molecule has 0 saturated carbocycles. The number of aromatic nitrogens is 4. The van der Waals surface area contributed by atoms with Crippen molar-refractivity contribution in [3.05, 3.63) is 71.0 Å². The average Bonchev–Trinajstić information content (AvgIpc) is 3.20. The lowest BCUT2D eigenvalue weighted by Crippen LogP contribution is -2.06. The van der Waals surface area contributed by atoms with Crippen molar-refractivity contribution in [2.45, 2.75) is 32.9 Å². The monoisotopic (exact) mass is 435 g/mol. The number of oxime groups is 1. The van der Waals surface area contributed by atoms with Crippen LogP contribution in [0.15, 0.2) is 53.7 Å². The van der Waals surface area contributed by atoms with Crippen molar-refractivity contribution < 1.29 is 27.9 Å². The van der Waals surface area contributed by atoms with Gasteiger partial charge in [-0.25, -0.2) is 0 Å². The van der Waals surface area contributed by atoms with Gasteiger partial charge in [-0.05, 0) is 59.7 Å². The van der Waals surface area contributed by atoms with Crippen LogP contribution in [0.4, 0.5) is 13.2 Å². The van der Waals surface area contributed by atoms with E-state index in [9.17, 15) is 13.2 Å². The highest BCUT2D eigenvalue weighted by Gasteiger charge is 2.29. The normalized spacial score (nSPS) is 12.1.